The molecule has 0 amide bonds. The molecule has 142 valence electrons. The van der Waals surface area contributed by atoms with Crippen LogP contribution >= 0.6 is 0 Å². The standard InChI is InChI=1S/C22H28N4O/c1-5-13-15(7-3)19(23)11-9-17(13)21-25-26-22(27-21)18-10-12-20(24)16(8-4)14(18)6-2/h9-12H,5-8,23-24H2,1-4H3. The van der Waals surface area contributed by atoms with Crippen LogP contribution in [0.5, 0.6) is 0 Å². The molecule has 0 saturated carbocycles. The number of rotatable bonds is 6. The first-order valence-corrected chi connectivity index (χ1v) is 9.70. The molecule has 0 unspecified atom stereocenters. The molecule has 0 aliphatic heterocycles. The van der Waals surface area contributed by atoms with Gasteiger partial charge in [-0.3, -0.25) is 0 Å². The molecule has 0 radical (unpaired) electrons. The Kier molecular flexibility index (Phi) is 5.49. The normalized spacial score (nSPS) is 11.1. The third-order valence-electron chi connectivity index (χ3n) is 5.23. The van der Waals surface area contributed by atoms with Crippen molar-refractivity contribution in [1.29, 1.82) is 0 Å². The van der Waals surface area contributed by atoms with Gasteiger partial charge in [0.1, 0.15) is 0 Å². The fourth-order valence-electron chi connectivity index (χ4n) is 3.91. The molecule has 0 atom stereocenters. The monoisotopic (exact) mass is 364 g/mol. The number of nitrogens with zero attached hydrogens (tertiary/aromatic N) is 2. The molecule has 0 fully saturated rings. The van der Waals surface area contributed by atoms with E-state index in [0.29, 0.717) is 11.8 Å². The number of hydrogen-bond acceptors (Lipinski definition) is 5. The fourth-order valence-corrected chi connectivity index (χ4v) is 3.91. The summed E-state index contributed by atoms with van der Waals surface area (Å²) in [6, 6.07) is 7.80. The molecule has 5 nitrogen and oxygen atoms in total. The summed E-state index contributed by atoms with van der Waals surface area (Å²) in [5.74, 6) is 1.07. The molecule has 0 saturated heterocycles. The summed E-state index contributed by atoms with van der Waals surface area (Å²) in [4.78, 5) is 0. The summed E-state index contributed by atoms with van der Waals surface area (Å²) < 4.78 is 6.12. The van der Waals surface area contributed by atoms with Crippen LogP contribution in [0.3, 0.4) is 0 Å². The highest BCUT2D eigenvalue weighted by Gasteiger charge is 2.19. The zero-order valence-corrected chi connectivity index (χ0v) is 16.6. The molecule has 3 rings (SSSR count). The summed E-state index contributed by atoms with van der Waals surface area (Å²) in [6.07, 6.45) is 3.48. The van der Waals surface area contributed by atoms with Gasteiger partial charge < -0.3 is 15.9 Å². The first-order valence-electron chi connectivity index (χ1n) is 9.70. The average Bonchev–Trinajstić information content (AvgIpc) is 3.16. The highest BCUT2D eigenvalue weighted by atomic mass is 16.4. The Hall–Kier alpha value is -2.82. The molecule has 4 N–H and O–H groups in total. The maximum absolute atomic E-state index is 6.16. The minimum absolute atomic E-state index is 0.536. The third kappa shape index (κ3) is 3.29. The Labute approximate surface area is 160 Å². The highest BCUT2D eigenvalue weighted by Crippen LogP contribution is 2.34. The molecular formula is C22H28N4O. The van der Waals surface area contributed by atoms with Crippen molar-refractivity contribution in [3.05, 3.63) is 46.5 Å². The lowest BCUT2D eigenvalue weighted by Gasteiger charge is -2.13. The van der Waals surface area contributed by atoms with Crippen LogP contribution in [0.2, 0.25) is 0 Å². The van der Waals surface area contributed by atoms with Crippen LogP contribution < -0.4 is 11.5 Å². The van der Waals surface area contributed by atoms with Gasteiger partial charge in [0.2, 0.25) is 11.8 Å². The Morgan fingerprint density at radius 3 is 1.33 bits per heavy atom. The SMILES string of the molecule is CCc1c(N)ccc(-c2nnc(-c3ccc(N)c(CC)c3CC)o2)c1CC. The minimum atomic E-state index is 0.536. The van der Waals surface area contributed by atoms with Crippen molar-refractivity contribution in [2.75, 3.05) is 11.5 Å². The van der Waals surface area contributed by atoms with Crippen molar-refractivity contribution >= 4 is 11.4 Å². The summed E-state index contributed by atoms with van der Waals surface area (Å²) in [5, 5.41) is 8.68. The van der Waals surface area contributed by atoms with E-state index in [1.54, 1.807) is 0 Å². The summed E-state index contributed by atoms with van der Waals surface area (Å²) in [5.41, 5.74) is 20.5. The van der Waals surface area contributed by atoms with Gasteiger partial charge in [-0.15, -0.1) is 10.2 Å². The maximum atomic E-state index is 6.16. The first kappa shape index (κ1) is 19.0. The van der Waals surface area contributed by atoms with Crippen LogP contribution in [0, 0.1) is 0 Å². The number of anilines is 2. The van der Waals surface area contributed by atoms with Crippen LogP contribution in [0.4, 0.5) is 11.4 Å². The maximum Gasteiger partial charge on any atom is 0.248 e. The van der Waals surface area contributed by atoms with Crippen molar-refractivity contribution in [2.45, 2.75) is 53.4 Å². The van der Waals surface area contributed by atoms with Crippen LogP contribution in [-0.2, 0) is 25.7 Å². The van der Waals surface area contributed by atoms with Crippen LogP contribution in [-0.4, -0.2) is 10.2 Å². The van der Waals surface area contributed by atoms with Crippen LogP contribution in [0.1, 0.15) is 49.9 Å². The zero-order chi connectivity index (χ0) is 19.6. The minimum Gasteiger partial charge on any atom is -0.416 e. The number of nitrogen functional groups attached to an aromatic ring is 2. The van der Waals surface area contributed by atoms with Crippen LogP contribution in [0.15, 0.2) is 28.7 Å². The van der Waals surface area contributed by atoms with Gasteiger partial charge in [-0.25, -0.2) is 0 Å². The van der Waals surface area contributed by atoms with Crippen molar-refractivity contribution < 1.29 is 4.42 Å². The van der Waals surface area contributed by atoms with Gasteiger partial charge in [0, 0.05) is 22.5 Å². The van der Waals surface area contributed by atoms with E-state index >= 15 is 0 Å². The van der Waals surface area contributed by atoms with Crippen molar-refractivity contribution in [3.8, 4) is 22.9 Å². The topological polar surface area (TPSA) is 91.0 Å². The van der Waals surface area contributed by atoms with E-state index in [1.165, 1.54) is 11.1 Å². The third-order valence-corrected chi connectivity index (χ3v) is 5.23. The zero-order valence-electron chi connectivity index (χ0n) is 16.6. The van der Waals surface area contributed by atoms with Gasteiger partial charge in [-0.2, -0.15) is 0 Å². The van der Waals surface area contributed by atoms with E-state index < -0.39 is 0 Å². The molecule has 5 heteroatoms. The van der Waals surface area contributed by atoms with Crippen molar-refractivity contribution in [3.63, 3.8) is 0 Å². The Bertz CT molecular complexity index is 883. The molecule has 0 aliphatic carbocycles. The van der Waals surface area contributed by atoms with E-state index in [0.717, 1.165) is 59.3 Å². The van der Waals surface area contributed by atoms with Gasteiger partial charge >= 0.3 is 0 Å². The molecular weight excluding hydrogens is 336 g/mol. The number of aromatic nitrogens is 2. The molecule has 0 spiro atoms. The summed E-state index contributed by atoms with van der Waals surface area (Å²) >= 11 is 0. The lowest BCUT2D eigenvalue weighted by molar-refractivity contribution is 0.583. The second-order valence-corrected chi connectivity index (χ2v) is 6.65. The van der Waals surface area contributed by atoms with Crippen molar-refractivity contribution in [1.82, 2.24) is 10.2 Å². The van der Waals surface area contributed by atoms with Crippen LogP contribution in [0.25, 0.3) is 22.9 Å². The first-order chi connectivity index (χ1) is 13.0. The predicted octanol–water partition coefficient (Wildman–Crippen LogP) is 4.82. The summed E-state index contributed by atoms with van der Waals surface area (Å²) in [6.45, 7) is 8.47. The van der Waals surface area contributed by atoms with Gasteiger partial charge in [0.15, 0.2) is 0 Å². The van der Waals surface area contributed by atoms with Gasteiger partial charge in [-0.05, 0) is 72.2 Å². The molecule has 2 aromatic carbocycles. The Balaban J connectivity index is 2.12. The quantitative estimate of drug-likeness (QED) is 0.612. The molecule has 1 heterocycles. The summed E-state index contributed by atoms with van der Waals surface area (Å²) in [7, 11) is 0. The van der Waals surface area contributed by atoms with E-state index in [9.17, 15) is 0 Å². The second-order valence-electron chi connectivity index (χ2n) is 6.65. The predicted molar refractivity (Wildman–Crippen MR) is 112 cm³/mol. The fraction of sp³-hybridized carbons (Fsp3) is 0.364. The van der Waals surface area contributed by atoms with Gasteiger partial charge in [0.25, 0.3) is 0 Å². The van der Waals surface area contributed by atoms with E-state index in [4.69, 9.17) is 15.9 Å². The Morgan fingerprint density at radius 1 is 0.630 bits per heavy atom. The highest BCUT2D eigenvalue weighted by molar-refractivity contribution is 5.70. The smallest absolute Gasteiger partial charge is 0.248 e. The van der Waals surface area contributed by atoms with E-state index in [2.05, 4.69) is 37.9 Å². The van der Waals surface area contributed by atoms with E-state index in [-0.39, 0.29) is 0 Å². The Morgan fingerprint density at radius 2 is 1.00 bits per heavy atom. The second kappa shape index (κ2) is 7.82. The van der Waals surface area contributed by atoms with Gasteiger partial charge in [0.05, 0.1) is 0 Å². The molecule has 0 aliphatic rings. The number of benzene rings is 2. The van der Waals surface area contributed by atoms with Crippen molar-refractivity contribution in [2.24, 2.45) is 0 Å². The molecule has 0 bridgehead atoms. The molecule has 3 aromatic rings. The van der Waals surface area contributed by atoms with E-state index in [1.807, 2.05) is 24.3 Å². The lowest BCUT2D eigenvalue weighted by atomic mass is 9.95. The lowest BCUT2D eigenvalue weighted by Crippen LogP contribution is -2.01. The number of hydrogen-bond donors (Lipinski definition) is 2. The average molecular weight is 364 g/mol. The van der Waals surface area contributed by atoms with Gasteiger partial charge in [-0.1, -0.05) is 27.7 Å². The largest absolute Gasteiger partial charge is 0.416 e. The number of nitrogens with two attached hydrogens (primary N) is 2. The molecule has 27 heavy (non-hydrogen) atoms. The molecule has 1 aromatic heterocycles.